The average Bonchev–Trinajstić information content (AvgIpc) is 2.87. The minimum absolute atomic E-state index is 0.0953. The van der Waals surface area contributed by atoms with E-state index in [2.05, 4.69) is 29.8 Å². The Hall–Kier alpha value is -2.63. The van der Waals surface area contributed by atoms with Gasteiger partial charge in [0.25, 0.3) is 5.91 Å². The van der Waals surface area contributed by atoms with Crippen LogP contribution in [0, 0.1) is 0 Å². The third-order valence-electron chi connectivity index (χ3n) is 5.63. The van der Waals surface area contributed by atoms with Crippen molar-refractivity contribution in [3.05, 3.63) is 77.9 Å². The molecule has 1 aliphatic rings. The highest BCUT2D eigenvalue weighted by molar-refractivity contribution is 5.94. The molecule has 0 saturated carbocycles. The van der Waals surface area contributed by atoms with Crippen molar-refractivity contribution in [3.8, 4) is 5.75 Å². The van der Waals surface area contributed by atoms with E-state index in [1.807, 2.05) is 81.1 Å². The van der Waals surface area contributed by atoms with E-state index in [9.17, 15) is 4.79 Å². The van der Waals surface area contributed by atoms with Gasteiger partial charge in [-0.15, -0.1) is 6.58 Å². The second kappa shape index (κ2) is 16.9. The summed E-state index contributed by atoms with van der Waals surface area (Å²) in [6, 6.07) is 16.6. The summed E-state index contributed by atoms with van der Waals surface area (Å²) in [7, 11) is 1.67. The van der Waals surface area contributed by atoms with Gasteiger partial charge in [-0.1, -0.05) is 44.2 Å². The maximum absolute atomic E-state index is 12.3. The van der Waals surface area contributed by atoms with Crippen LogP contribution >= 0.6 is 0 Å². The number of nitrogens with zero attached hydrogens (tertiary/aromatic N) is 2. The number of hydrogen-bond acceptors (Lipinski definition) is 4. The molecule has 1 atom stereocenters. The first-order valence-electron chi connectivity index (χ1n) is 12.6. The monoisotopic (exact) mass is 467 g/mol. The Bertz CT molecular complexity index is 832. The summed E-state index contributed by atoms with van der Waals surface area (Å²) >= 11 is 0. The fourth-order valence-corrected chi connectivity index (χ4v) is 3.84. The number of hydrogen-bond donors (Lipinski definition) is 1. The summed E-state index contributed by atoms with van der Waals surface area (Å²) in [5.74, 6) is 0.962. The number of carbonyl (C=O) groups excluding carboxylic acids is 1. The van der Waals surface area contributed by atoms with E-state index < -0.39 is 0 Å². The molecule has 1 N–H and O–H groups in total. The number of methoxy groups -OCH3 is 1. The zero-order chi connectivity index (χ0) is 25.3. The molecule has 0 aliphatic carbocycles. The molecule has 1 aliphatic heterocycles. The lowest BCUT2D eigenvalue weighted by Crippen LogP contribution is -2.49. The average molecular weight is 468 g/mol. The summed E-state index contributed by atoms with van der Waals surface area (Å²) in [5.41, 5.74) is 3.13. The van der Waals surface area contributed by atoms with E-state index in [1.165, 1.54) is 11.1 Å². The third-order valence-corrected chi connectivity index (χ3v) is 5.63. The molecule has 3 rings (SSSR count). The SMILES string of the molecule is C=CCN1CCNC(C)C1.CC.CCN(CC)C(=O)c1ccc(Cc2cccc(OC)c2)cc1. The maximum Gasteiger partial charge on any atom is 0.253 e. The molecule has 5 heteroatoms. The van der Waals surface area contributed by atoms with Crippen LogP contribution in [0.1, 0.15) is 56.1 Å². The highest BCUT2D eigenvalue weighted by Crippen LogP contribution is 2.17. The van der Waals surface area contributed by atoms with Gasteiger partial charge in [-0.2, -0.15) is 0 Å². The number of nitrogens with one attached hydrogen (secondary N) is 1. The van der Waals surface area contributed by atoms with Gasteiger partial charge in [0.05, 0.1) is 7.11 Å². The first-order chi connectivity index (χ1) is 16.5. The second-order valence-electron chi connectivity index (χ2n) is 8.11. The summed E-state index contributed by atoms with van der Waals surface area (Å²) in [6.07, 6.45) is 2.80. The van der Waals surface area contributed by atoms with Gasteiger partial charge in [0.15, 0.2) is 0 Å². The number of piperazine rings is 1. The van der Waals surface area contributed by atoms with Crippen molar-refractivity contribution >= 4 is 5.91 Å². The highest BCUT2D eigenvalue weighted by Gasteiger charge is 2.13. The molecule has 34 heavy (non-hydrogen) atoms. The normalized spacial score (nSPS) is 15.2. The molecular formula is C29H45N3O2. The Kier molecular flexibility index (Phi) is 14.6. The van der Waals surface area contributed by atoms with E-state index in [0.29, 0.717) is 6.04 Å². The summed E-state index contributed by atoms with van der Waals surface area (Å²) in [5, 5.41) is 3.39. The minimum atomic E-state index is 0.0953. The van der Waals surface area contributed by atoms with E-state index >= 15 is 0 Å². The van der Waals surface area contributed by atoms with Crippen molar-refractivity contribution in [2.24, 2.45) is 0 Å². The number of amides is 1. The van der Waals surface area contributed by atoms with Crippen molar-refractivity contribution in [2.75, 3.05) is 46.4 Å². The maximum atomic E-state index is 12.3. The molecule has 5 nitrogen and oxygen atoms in total. The van der Waals surface area contributed by atoms with Gasteiger partial charge in [-0.3, -0.25) is 9.69 Å². The molecule has 1 saturated heterocycles. The van der Waals surface area contributed by atoms with Gasteiger partial charge in [0.2, 0.25) is 0 Å². The zero-order valence-electron chi connectivity index (χ0n) is 22.1. The largest absolute Gasteiger partial charge is 0.497 e. The molecule has 0 spiro atoms. The molecular weight excluding hydrogens is 422 g/mol. The molecule has 1 unspecified atom stereocenters. The first kappa shape index (κ1) is 29.4. The Morgan fingerprint density at radius 1 is 1.15 bits per heavy atom. The fraction of sp³-hybridized carbons (Fsp3) is 0.483. The molecule has 1 fully saturated rings. The number of rotatable bonds is 8. The molecule has 2 aromatic carbocycles. The summed E-state index contributed by atoms with van der Waals surface area (Å²) < 4.78 is 5.24. The van der Waals surface area contributed by atoms with Crippen molar-refractivity contribution in [3.63, 3.8) is 0 Å². The predicted molar refractivity (Wildman–Crippen MR) is 145 cm³/mol. The van der Waals surface area contributed by atoms with Crippen LogP contribution in [-0.4, -0.2) is 68.1 Å². The molecule has 1 heterocycles. The lowest BCUT2D eigenvalue weighted by molar-refractivity contribution is 0.0773. The van der Waals surface area contributed by atoms with Gasteiger partial charge < -0.3 is 15.0 Å². The predicted octanol–water partition coefficient (Wildman–Crippen LogP) is 5.26. The molecule has 1 amide bonds. The zero-order valence-corrected chi connectivity index (χ0v) is 22.1. The van der Waals surface area contributed by atoms with Crippen LogP contribution in [-0.2, 0) is 6.42 Å². The molecule has 0 aromatic heterocycles. The first-order valence-corrected chi connectivity index (χ1v) is 12.6. The second-order valence-corrected chi connectivity index (χ2v) is 8.11. The number of ether oxygens (including phenoxy) is 1. The van der Waals surface area contributed by atoms with Crippen molar-refractivity contribution in [1.82, 2.24) is 15.1 Å². The van der Waals surface area contributed by atoms with Crippen LogP contribution in [0.5, 0.6) is 5.75 Å². The standard InChI is InChI=1S/C19H23NO2.C8H16N2.C2H6/c1-4-20(5-2)19(21)17-11-9-15(10-12-17)13-16-7-6-8-18(14-16)22-3;1-3-5-10-6-4-9-8(2)7-10;1-2/h6-12,14H,4-5,13H2,1-3H3;3,8-9H,1,4-7H2,2H3;1-2H3. The number of carbonyl (C=O) groups is 1. The molecule has 2 aromatic rings. The lowest BCUT2D eigenvalue weighted by atomic mass is 10.0. The molecule has 188 valence electrons. The van der Waals surface area contributed by atoms with Crippen LogP contribution in [0.4, 0.5) is 0 Å². The van der Waals surface area contributed by atoms with Gasteiger partial charge in [-0.05, 0) is 62.6 Å². The van der Waals surface area contributed by atoms with Gasteiger partial charge in [0, 0.05) is 50.9 Å². The summed E-state index contributed by atoms with van der Waals surface area (Å²) in [4.78, 5) is 16.5. The lowest BCUT2D eigenvalue weighted by Gasteiger charge is -2.30. The van der Waals surface area contributed by atoms with Crippen molar-refractivity contribution in [2.45, 2.75) is 47.1 Å². The highest BCUT2D eigenvalue weighted by atomic mass is 16.5. The Labute approximate surface area is 207 Å². The Balaban J connectivity index is 0.000000402. The smallest absolute Gasteiger partial charge is 0.253 e. The topological polar surface area (TPSA) is 44.8 Å². The van der Waals surface area contributed by atoms with Gasteiger partial charge in [0.1, 0.15) is 5.75 Å². The van der Waals surface area contributed by atoms with E-state index in [0.717, 1.165) is 57.0 Å². The van der Waals surface area contributed by atoms with Gasteiger partial charge in [-0.25, -0.2) is 0 Å². The quantitative estimate of drug-likeness (QED) is 0.538. The van der Waals surface area contributed by atoms with Crippen LogP contribution in [0.25, 0.3) is 0 Å². The van der Waals surface area contributed by atoms with Gasteiger partial charge >= 0.3 is 0 Å². The van der Waals surface area contributed by atoms with E-state index in [4.69, 9.17) is 4.74 Å². The molecule has 0 bridgehead atoms. The third kappa shape index (κ3) is 10.1. The minimum Gasteiger partial charge on any atom is -0.497 e. The fourth-order valence-electron chi connectivity index (χ4n) is 3.84. The summed E-state index contributed by atoms with van der Waals surface area (Å²) in [6.45, 7) is 19.9. The van der Waals surface area contributed by atoms with Crippen LogP contribution in [0.15, 0.2) is 61.2 Å². The number of benzene rings is 2. The molecule has 0 radical (unpaired) electrons. The van der Waals surface area contributed by atoms with Crippen LogP contribution in [0.2, 0.25) is 0 Å². The van der Waals surface area contributed by atoms with Crippen molar-refractivity contribution < 1.29 is 9.53 Å². The van der Waals surface area contributed by atoms with Crippen LogP contribution in [0.3, 0.4) is 0 Å². The Morgan fingerprint density at radius 2 is 1.82 bits per heavy atom. The Morgan fingerprint density at radius 3 is 2.38 bits per heavy atom. The van der Waals surface area contributed by atoms with Crippen molar-refractivity contribution in [1.29, 1.82) is 0 Å². The van der Waals surface area contributed by atoms with Crippen LogP contribution < -0.4 is 10.1 Å². The van der Waals surface area contributed by atoms with E-state index in [1.54, 1.807) is 7.11 Å². The van der Waals surface area contributed by atoms with E-state index in [-0.39, 0.29) is 5.91 Å².